The number of alkyl halides is 3. The normalized spacial score (nSPS) is 20.9. The Bertz CT molecular complexity index is 1220. The zero-order chi connectivity index (χ0) is 24.1. The summed E-state index contributed by atoms with van der Waals surface area (Å²) >= 11 is 0. The van der Waals surface area contributed by atoms with Gasteiger partial charge in [0, 0.05) is 44.0 Å². The van der Waals surface area contributed by atoms with Crippen LogP contribution in [0.25, 0.3) is 11.0 Å². The van der Waals surface area contributed by atoms with Gasteiger partial charge in [0.1, 0.15) is 5.52 Å². The third kappa shape index (κ3) is 4.34. The van der Waals surface area contributed by atoms with E-state index in [1.807, 2.05) is 26.0 Å². The van der Waals surface area contributed by atoms with Gasteiger partial charge in [-0.15, -0.1) is 0 Å². The number of benzene rings is 1. The Morgan fingerprint density at radius 2 is 1.67 bits per heavy atom. The summed E-state index contributed by atoms with van der Waals surface area (Å²) < 4.78 is 40.3. The Morgan fingerprint density at radius 3 is 2.30 bits per heavy atom. The van der Waals surface area contributed by atoms with Crippen molar-refractivity contribution in [1.29, 1.82) is 0 Å². The van der Waals surface area contributed by atoms with Gasteiger partial charge < -0.3 is 4.90 Å². The second-order valence-corrected chi connectivity index (χ2v) is 8.94. The topological polar surface area (TPSA) is 54.3 Å². The molecule has 3 aromatic rings. The molecule has 3 heterocycles. The molecule has 0 bridgehead atoms. The molecule has 0 N–H and O–H groups in total. The van der Waals surface area contributed by atoms with Gasteiger partial charge in [0.25, 0.3) is 0 Å². The number of pyridine rings is 1. The van der Waals surface area contributed by atoms with Crippen LogP contribution in [0.3, 0.4) is 0 Å². The minimum atomic E-state index is -4.34. The molecular weight excluding hydrogens is 431 g/mol. The number of hydrogen-bond donors (Lipinski definition) is 0. The van der Waals surface area contributed by atoms with Crippen LogP contribution in [-0.4, -0.2) is 44.6 Å². The SMILES string of the molecule is Cc1ccc2c(n1)c(N1C[C@@H](C)N(C(C)c3ccc(C(F)(F)F)cc3)C[C@@H]1C)nc(=O)n2C. The van der Waals surface area contributed by atoms with Crippen LogP contribution in [0.4, 0.5) is 19.0 Å². The predicted molar refractivity (Wildman–Crippen MR) is 122 cm³/mol. The van der Waals surface area contributed by atoms with Crippen molar-refractivity contribution in [3.63, 3.8) is 0 Å². The Hall–Kier alpha value is -2.94. The van der Waals surface area contributed by atoms with E-state index in [4.69, 9.17) is 0 Å². The summed E-state index contributed by atoms with van der Waals surface area (Å²) in [6.07, 6.45) is -4.34. The van der Waals surface area contributed by atoms with E-state index in [1.165, 1.54) is 4.57 Å². The molecule has 9 heteroatoms. The van der Waals surface area contributed by atoms with Crippen LogP contribution in [0.5, 0.6) is 0 Å². The van der Waals surface area contributed by atoms with E-state index in [0.717, 1.165) is 28.9 Å². The minimum Gasteiger partial charge on any atom is -0.349 e. The number of aryl methyl sites for hydroxylation is 2. The molecule has 3 atom stereocenters. The van der Waals surface area contributed by atoms with Crippen LogP contribution >= 0.6 is 0 Å². The summed E-state index contributed by atoms with van der Waals surface area (Å²) in [7, 11) is 1.69. The van der Waals surface area contributed by atoms with Crippen LogP contribution in [0.2, 0.25) is 0 Å². The quantitative estimate of drug-likeness (QED) is 0.584. The first-order chi connectivity index (χ1) is 15.5. The smallest absolute Gasteiger partial charge is 0.349 e. The molecule has 1 fully saturated rings. The minimum absolute atomic E-state index is 0.0308. The second-order valence-electron chi connectivity index (χ2n) is 8.94. The fourth-order valence-electron chi connectivity index (χ4n) is 4.64. The van der Waals surface area contributed by atoms with E-state index in [1.54, 1.807) is 19.2 Å². The number of hydrogen-bond acceptors (Lipinski definition) is 5. The Labute approximate surface area is 190 Å². The van der Waals surface area contributed by atoms with Crippen molar-refractivity contribution >= 4 is 16.9 Å². The third-order valence-electron chi connectivity index (χ3n) is 6.60. The maximum Gasteiger partial charge on any atom is 0.416 e. The second kappa shape index (κ2) is 8.44. The fourth-order valence-corrected chi connectivity index (χ4v) is 4.64. The maximum absolute atomic E-state index is 12.9. The zero-order valence-corrected chi connectivity index (χ0v) is 19.4. The van der Waals surface area contributed by atoms with Crippen molar-refractivity contribution in [3.05, 3.63) is 63.7 Å². The monoisotopic (exact) mass is 459 g/mol. The van der Waals surface area contributed by atoms with Gasteiger partial charge in [-0.3, -0.25) is 9.47 Å². The Kier molecular flexibility index (Phi) is 5.94. The number of rotatable bonds is 3. The zero-order valence-electron chi connectivity index (χ0n) is 19.4. The van der Waals surface area contributed by atoms with Crippen molar-refractivity contribution in [1.82, 2.24) is 19.4 Å². The molecule has 1 aliphatic rings. The highest BCUT2D eigenvalue weighted by Gasteiger charge is 2.35. The lowest BCUT2D eigenvalue weighted by Gasteiger charge is -2.47. The van der Waals surface area contributed by atoms with Crippen LogP contribution in [-0.2, 0) is 13.2 Å². The number of halogens is 3. The van der Waals surface area contributed by atoms with Gasteiger partial charge in [-0.1, -0.05) is 12.1 Å². The highest BCUT2D eigenvalue weighted by Crippen LogP contribution is 2.33. The van der Waals surface area contributed by atoms with Gasteiger partial charge in [-0.2, -0.15) is 18.2 Å². The molecule has 0 amide bonds. The molecular formula is C24H28F3N5O. The standard InChI is InChI=1S/C24H28F3N5O/c1-14-6-11-20-21(28-14)22(29-23(33)30(20)5)32-13-15(2)31(12-16(32)3)17(4)18-7-9-19(10-8-18)24(25,26)27/h6-11,15-17H,12-13H2,1-5H3/t15-,16+,17?/m1/s1. The van der Waals surface area contributed by atoms with Gasteiger partial charge in [0.2, 0.25) is 0 Å². The first-order valence-electron chi connectivity index (χ1n) is 11.0. The van der Waals surface area contributed by atoms with Crippen molar-refractivity contribution in [2.45, 2.75) is 52.0 Å². The van der Waals surface area contributed by atoms with Gasteiger partial charge >= 0.3 is 11.9 Å². The van der Waals surface area contributed by atoms with E-state index in [0.29, 0.717) is 24.4 Å². The molecule has 1 aliphatic heterocycles. The van der Waals surface area contributed by atoms with E-state index in [-0.39, 0.29) is 23.8 Å². The van der Waals surface area contributed by atoms with Crippen molar-refractivity contribution < 1.29 is 13.2 Å². The number of nitrogens with zero attached hydrogens (tertiary/aromatic N) is 5. The van der Waals surface area contributed by atoms with E-state index >= 15 is 0 Å². The first-order valence-corrected chi connectivity index (χ1v) is 11.0. The average Bonchev–Trinajstić information content (AvgIpc) is 2.76. The lowest BCUT2D eigenvalue weighted by atomic mass is 9.99. The van der Waals surface area contributed by atoms with E-state index < -0.39 is 11.7 Å². The summed E-state index contributed by atoms with van der Waals surface area (Å²) in [5.74, 6) is 0.581. The molecule has 1 aromatic carbocycles. The highest BCUT2D eigenvalue weighted by atomic mass is 19.4. The van der Waals surface area contributed by atoms with Crippen molar-refractivity contribution in [2.24, 2.45) is 7.05 Å². The van der Waals surface area contributed by atoms with Crippen LogP contribution < -0.4 is 10.6 Å². The van der Waals surface area contributed by atoms with E-state index in [2.05, 4.69) is 33.6 Å². The molecule has 1 saturated heterocycles. The van der Waals surface area contributed by atoms with Gasteiger partial charge in [-0.25, -0.2) is 9.78 Å². The van der Waals surface area contributed by atoms with Crippen molar-refractivity contribution in [3.8, 4) is 0 Å². The largest absolute Gasteiger partial charge is 0.416 e. The summed E-state index contributed by atoms with van der Waals surface area (Å²) in [6, 6.07) is 9.22. The van der Waals surface area contributed by atoms with E-state index in [9.17, 15) is 18.0 Å². The fraction of sp³-hybridized carbons (Fsp3) is 0.458. The first kappa shape index (κ1) is 23.2. The number of piperazine rings is 1. The van der Waals surface area contributed by atoms with Gasteiger partial charge in [0.05, 0.1) is 11.1 Å². The highest BCUT2D eigenvalue weighted by molar-refractivity contribution is 5.86. The van der Waals surface area contributed by atoms with Gasteiger partial charge in [-0.05, 0) is 57.5 Å². The summed E-state index contributed by atoms with van der Waals surface area (Å²) in [5, 5.41) is 0. The molecule has 0 radical (unpaired) electrons. The lowest BCUT2D eigenvalue weighted by molar-refractivity contribution is -0.137. The lowest BCUT2D eigenvalue weighted by Crippen LogP contribution is -2.57. The van der Waals surface area contributed by atoms with Crippen LogP contribution in [0, 0.1) is 6.92 Å². The molecule has 33 heavy (non-hydrogen) atoms. The molecule has 6 nitrogen and oxygen atoms in total. The summed E-state index contributed by atoms with van der Waals surface area (Å²) in [4.78, 5) is 26.0. The summed E-state index contributed by atoms with van der Waals surface area (Å²) in [5.41, 5.74) is 2.14. The van der Waals surface area contributed by atoms with Gasteiger partial charge in [0.15, 0.2) is 5.82 Å². The average molecular weight is 460 g/mol. The number of fused-ring (bicyclic) bond motifs is 1. The molecule has 176 valence electrons. The number of anilines is 1. The van der Waals surface area contributed by atoms with Crippen LogP contribution in [0.1, 0.15) is 43.6 Å². The van der Waals surface area contributed by atoms with Crippen molar-refractivity contribution in [2.75, 3.05) is 18.0 Å². The Morgan fingerprint density at radius 1 is 1.00 bits per heavy atom. The number of aromatic nitrogens is 3. The molecule has 0 aliphatic carbocycles. The maximum atomic E-state index is 12.9. The molecule has 0 spiro atoms. The molecule has 0 saturated carbocycles. The van der Waals surface area contributed by atoms with Crippen LogP contribution in [0.15, 0.2) is 41.2 Å². The predicted octanol–water partition coefficient (Wildman–Crippen LogP) is 4.32. The molecule has 4 rings (SSSR count). The third-order valence-corrected chi connectivity index (χ3v) is 6.60. The Balaban J connectivity index is 1.62. The molecule has 1 unspecified atom stereocenters. The molecule has 2 aromatic heterocycles. The summed E-state index contributed by atoms with van der Waals surface area (Å²) in [6.45, 7) is 9.37.